The molecule has 7 heteroatoms. The summed E-state index contributed by atoms with van der Waals surface area (Å²) >= 11 is 0. The number of imidazole rings is 1. The number of para-hydroxylation sites is 1. The van der Waals surface area contributed by atoms with E-state index in [1.165, 1.54) is 12.1 Å². The number of halogens is 2. The number of hydrogen-bond donors (Lipinski definition) is 0. The second-order valence-electron chi connectivity index (χ2n) is 13.9. The molecule has 1 radical (unpaired) electrons. The van der Waals surface area contributed by atoms with Gasteiger partial charge in [-0.1, -0.05) is 144 Å². The summed E-state index contributed by atoms with van der Waals surface area (Å²) in [5.41, 5.74) is 11.7. The van der Waals surface area contributed by atoms with E-state index < -0.39 is 0 Å². The Morgan fingerprint density at radius 2 is 1.21 bits per heavy atom. The first-order valence-electron chi connectivity index (χ1n) is 18.2. The van der Waals surface area contributed by atoms with Gasteiger partial charge in [-0.3, -0.25) is 18.8 Å². The van der Waals surface area contributed by atoms with Gasteiger partial charge in [0.2, 0.25) is 0 Å². The van der Waals surface area contributed by atoms with Crippen molar-refractivity contribution in [3.8, 4) is 33.4 Å². The Kier molecular flexibility index (Phi) is 9.13. The van der Waals surface area contributed by atoms with Crippen molar-refractivity contribution in [2.75, 3.05) is 4.90 Å². The van der Waals surface area contributed by atoms with Gasteiger partial charge in [0, 0.05) is 60.9 Å². The Bertz CT molecular complexity index is 2880. The Morgan fingerprint density at radius 3 is 1.95 bits per heavy atom. The fourth-order valence-corrected chi connectivity index (χ4v) is 8.40. The standard InChI is InChI=1S/C33H22FN2.C16H10FN2.Ir/c34-24-18-19-28-30(20-24)27-14-7-8-15-29(27)33-31(28)35-21-36(33)32-25(22-10-3-1-4-11-22)16-9-17-26(32)23-12-5-2-6-13-23;1-19-9-18-15-12-7-6-10(17)8-14(12)11-4-2-3-5-13(11)16(15)19;/h1-18,20-21,31,33H;2-6,8-9H,1H3;/q2*-1;. The van der Waals surface area contributed by atoms with Gasteiger partial charge in [0.05, 0.1) is 30.4 Å². The number of anilines is 1. The van der Waals surface area contributed by atoms with Crippen LogP contribution in [0.3, 0.4) is 0 Å². The van der Waals surface area contributed by atoms with Crippen LogP contribution in [0.2, 0.25) is 0 Å². The Labute approximate surface area is 336 Å². The quantitative estimate of drug-likeness (QED) is 0.131. The van der Waals surface area contributed by atoms with Gasteiger partial charge in [-0.15, -0.1) is 46.8 Å². The van der Waals surface area contributed by atoms with Gasteiger partial charge in [-0.2, -0.15) is 6.07 Å². The maximum Gasteiger partial charge on any atom is 0.0909 e. The number of benzene rings is 8. The van der Waals surface area contributed by atoms with Crippen molar-refractivity contribution in [2.45, 2.75) is 12.1 Å². The van der Waals surface area contributed by atoms with Crippen LogP contribution >= 0.6 is 0 Å². The second kappa shape index (κ2) is 14.4. The first kappa shape index (κ1) is 35.4. The first-order valence-corrected chi connectivity index (χ1v) is 18.2. The number of rotatable bonds is 3. The van der Waals surface area contributed by atoms with E-state index in [-0.39, 0.29) is 43.8 Å². The van der Waals surface area contributed by atoms with E-state index >= 15 is 0 Å². The molecule has 8 aromatic carbocycles. The predicted molar refractivity (Wildman–Crippen MR) is 219 cm³/mol. The van der Waals surface area contributed by atoms with Gasteiger partial charge >= 0.3 is 0 Å². The van der Waals surface area contributed by atoms with Gasteiger partial charge in [-0.25, -0.2) is 0 Å². The minimum absolute atomic E-state index is 0. The summed E-state index contributed by atoms with van der Waals surface area (Å²) in [5.74, 6) is -0.547. The third-order valence-corrected chi connectivity index (χ3v) is 10.8. The summed E-state index contributed by atoms with van der Waals surface area (Å²) in [6.07, 6.45) is 3.75. The molecule has 0 spiro atoms. The molecule has 2 aliphatic rings. The molecule has 56 heavy (non-hydrogen) atoms. The SMILES string of the molecule is Cn1cnc2c3[c-]cc(F)cc3c3ccccc3c21.Fc1c[c-]c2c(c1)-c1ccccc1C1C2N=CN1c1c(-c2ccccc2)cccc1-c1ccccc1.[Ir]. The molecule has 2 atom stereocenters. The third kappa shape index (κ3) is 5.83. The minimum atomic E-state index is -0.276. The number of aromatic nitrogens is 2. The molecule has 0 amide bonds. The maximum atomic E-state index is 14.3. The van der Waals surface area contributed by atoms with Crippen LogP contribution in [-0.4, -0.2) is 15.9 Å². The van der Waals surface area contributed by atoms with Crippen LogP contribution in [0.1, 0.15) is 23.2 Å². The fourth-order valence-electron chi connectivity index (χ4n) is 8.40. The zero-order chi connectivity index (χ0) is 37.0. The number of aliphatic imine (C=N–C) groups is 1. The molecule has 2 unspecified atom stereocenters. The molecule has 1 aliphatic heterocycles. The average molecular weight is 907 g/mol. The molecule has 273 valence electrons. The smallest absolute Gasteiger partial charge is 0.0909 e. The second-order valence-corrected chi connectivity index (χ2v) is 13.9. The molecular weight excluding hydrogens is 875 g/mol. The Morgan fingerprint density at radius 1 is 0.607 bits per heavy atom. The normalized spacial score (nSPS) is 15.2. The number of fused-ring (bicyclic) bond motifs is 12. The van der Waals surface area contributed by atoms with E-state index in [2.05, 4.69) is 107 Å². The molecule has 9 aromatic rings. The molecule has 0 saturated heterocycles. The Hall–Kier alpha value is -6.27. The van der Waals surface area contributed by atoms with E-state index in [9.17, 15) is 8.78 Å². The zero-order valence-corrected chi connectivity index (χ0v) is 32.5. The van der Waals surface area contributed by atoms with Gasteiger partial charge < -0.3 is 9.47 Å². The summed E-state index contributed by atoms with van der Waals surface area (Å²) in [5, 5.41) is 3.85. The molecule has 0 N–H and O–H groups in total. The summed E-state index contributed by atoms with van der Waals surface area (Å²) in [6, 6.07) is 55.8. The first-order chi connectivity index (χ1) is 27.0. The van der Waals surface area contributed by atoms with Crippen LogP contribution < -0.4 is 4.90 Å². The molecule has 2 heterocycles. The molecule has 0 bridgehead atoms. The molecule has 1 aromatic heterocycles. The van der Waals surface area contributed by atoms with Crippen molar-refractivity contribution in [1.29, 1.82) is 0 Å². The van der Waals surface area contributed by atoms with Crippen molar-refractivity contribution in [3.63, 3.8) is 0 Å². The van der Waals surface area contributed by atoms with Gasteiger partial charge in [0.1, 0.15) is 0 Å². The van der Waals surface area contributed by atoms with Crippen molar-refractivity contribution in [1.82, 2.24) is 9.55 Å². The van der Waals surface area contributed by atoms with Crippen molar-refractivity contribution in [2.24, 2.45) is 12.0 Å². The van der Waals surface area contributed by atoms with Gasteiger partial charge in [0.25, 0.3) is 0 Å². The average Bonchev–Trinajstić information content (AvgIpc) is 3.86. The van der Waals surface area contributed by atoms with Crippen LogP contribution in [0.15, 0.2) is 163 Å². The van der Waals surface area contributed by atoms with Gasteiger partial charge in [-0.05, 0) is 22.1 Å². The van der Waals surface area contributed by atoms with Crippen molar-refractivity contribution < 1.29 is 28.9 Å². The molecule has 11 rings (SSSR count). The minimum Gasteiger partial charge on any atom is -0.342 e. The van der Waals surface area contributed by atoms with E-state index in [0.717, 1.165) is 82.8 Å². The monoisotopic (exact) mass is 907 g/mol. The molecule has 0 saturated carbocycles. The molecule has 0 fully saturated rings. The third-order valence-electron chi connectivity index (χ3n) is 10.8. The van der Waals surface area contributed by atoms with Crippen molar-refractivity contribution in [3.05, 3.63) is 193 Å². The van der Waals surface area contributed by atoms with Gasteiger partial charge in [0.15, 0.2) is 0 Å². The molecule has 1 aliphatic carbocycles. The largest absolute Gasteiger partial charge is 0.342 e. The molecular formula is C49H32F2IrN4-2. The Balaban J connectivity index is 0.000000172. The van der Waals surface area contributed by atoms with Crippen LogP contribution in [0.25, 0.3) is 66.0 Å². The summed E-state index contributed by atoms with van der Waals surface area (Å²) in [6.45, 7) is 0. The number of hydrogen-bond acceptors (Lipinski definition) is 3. The fraction of sp³-hybridized carbons (Fsp3) is 0.0612. The number of aryl methyl sites for hydroxylation is 1. The topological polar surface area (TPSA) is 33.4 Å². The predicted octanol–water partition coefficient (Wildman–Crippen LogP) is 12.1. The van der Waals surface area contributed by atoms with Crippen LogP contribution in [0.4, 0.5) is 14.5 Å². The summed E-state index contributed by atoms with van der Waals surface area (Å²) in [7, 11) is 1.97. The van der Waals surface area contributed by atoms with E-state index in [4.69, 9.17) is 4.99 Å². The van der Waals surface area contributed by atoms with E-state index in [0.29, 0.717) is 0 Å². The van der Waals surface area contributed by atoms with Crippen LogP contribution in [-0.2, 0) is 27.2 Å². The van der Waals surface area contributed by atoms with Crippen LogP contribution in [0, 0.1) is 23.8 Å². The maximum absolute atomic E-state index is 14.3. The van der Waals surface area contributed by atoms with Crippen molar-refractivity contribution >= 4 is 44.6 Å². The van der Waals surface area contributed by atoms with E-state index in [1.54, 1.807) is 18.5 Å². The summed E-state index contributed by atoms with van der Waals surface area (Å²) in [4.78, 5) is 11.8. The van der Waals surface area contributed by atoms with Crippen LogP contribution in [0.5, 0.6) is 0 Å². The van der Waals surface area contributed by atoms with E-state index in [1.807, 2.05) is 60.4 Å². The summed E-state index contributed by atoms with van der Waals surface area (Å²) < 4.78 is 29.8. The zero-order valence-electron chi connectivity index (χ0n) is 30.1. The molecule has 4 nitrogen and oxygen atoms in total. The number of nitrogens with zero attached hydrogens (tertiary/aromatic N) is 4.